The molecule has 5 aromatic rings. The molecule has 15 heteroatoms. The maximum atomic E-state index is 14.9. The molecule has 3 N–H and O–H groups in total. The van der Waals surface area contributed by atoms with Gasteiger partial charge >= 0.3 is 0 Å². The van der Waals surface area contributed by atoms with E-state index in [9.17, 15) is 13.2 Å². The summed E-state index contributed by atoms with van der Waals surface area (Å²) in [6.07, 6.45) is -1.36. The molecular weight excluding hydrogens is 553 g/mol. The van der Waals surface area contributed by atoms with Crippen LogP contribution in [0, 0.1) is 12.7 Å². The Morgan fingerprint density at radius 1 is 1.05 bits per heavy atom. The van der Waals surface area contributed by atoms with Crippen molar-refractivity contribution in [2.45, 2.75) is 19.5 Å². The normalized spacial score (nSPS) is 13.6. The molecule has 42 heavy (non-hydrogen) atoms. The number of benzene rings is 1. The summed E-state index contributed by atoms with van der Waals surface area (Å²) in [7, 11) is 4.91. The van der Waals surface area contributed by atoms with Crippen LogP contribution in [-0.4, -0.2) is 68.1 Å². The van der Waals surface area contributed by atoms with Crippen LogP contribution < -0.4 is 20.3 Å². The minimum atomic E-state index is -2.84. The first-order valence-electron chi connectivity index (χ1n) is 12.9. The van der Waals surface area contributed by atoms with E-state index in [4.69, 9.17) is 9.47 Å². The Morgan fingerprint density at radius 3 is 2.52 bits per heavy atom. The summed E-state index contributed by atoms with van der Waals surface area (Å²) < 4.78 is 54.7. The van der Waals surface area contributed by atoms with E-state index in [0.717, 1.165) is 0 Å². The number of imidazole rings is 1. The summed E-state index contributed by atoms with van der Waals surface area (Å²) >= 11 is 0. The van der Waals surface area contributed by atoms with Crippen molar-refractivity contribution in [1.29, 1.82) is 0 Å². The molecular formula is C27H27F3N10O2. The highest BCUT2D eigenvalue weighted by atomic mass is 19.3. The minimum Gasteiger partial charge on any atom is -0.494 e. The van der Waals surface area contributed by atoms with Gasteiger partial charge in [0.1, 0.15) is 23.0 Å². The number of fused-ring (bicyclic) bond motifs is 1. The second-order valence-corrected chi connectivity index (χ2v) is 9.70. The molecule has 0 spiro atoms. The van der Waals surface area contributed by atoms with Gasteiger partial charge in [-0.1, -0.05) is 6.07 Å². The number of alkyl halides is 2. The molecule has 1 aromatic carbocycles. The van der Waals surface area contributed by atoms with E-state index in [0.29, 0.717) is 53.1 Å². The molecule has 12 nitrogen and oxygen atoms in total. The van der Waals surface area contributed by atoms with Gasteiger partial charge in [0, 0.05) is 39.4 Å². The maximum absolute atomic E-state index is 14.9. The summed E-state index contributed by atoms with van der Waals surface area (Å²) in [4.78, 5) is 21.7. The van der Waals surface area contributed by atoms with Gasteiger partial charge in [-0.3, -0.25) is 0 Å². The van der Waals surface area contributed by atoms with Gasteiger partial charge in [0.25, 0.3) is 6.43 Å². The fourth-order valence-corrected chi connectivity index (χ4v) is 4.83. The van der Waals surface area contributed by atoms with Gasteiger partial charge in [-0.2, -0.15) is 5.10 Å². The maximum Gasteiger partial charge on any atom is 0.295 e. The van der Waals surface area contributed by atoms with Crippen molar-refractivity contribution in [3.63, 3.8) is 0 Å². The van der Waals surface area contributed by atoms with Gasteiger partial charge in [-0.25, -0.2) is 37.8 Å². The number of nitrogens with one attached hydrogen (secondary N) is 3. The molecule has 0 radical (unpaired) electrons. The van der Waals surface area contributed by atoms with E-state index in [1.165, 1.54) is 19.4 Å². The Hall–Kier alpha value is -4.92. The van der Waals surface area contributed by atoms with E-state index < -0.39 is 18.1 Å². The zero-order chi connectivity index (χ0) is 29.5. The lowest BCUT2D eigenvalue weighted by atomic mass is 10.1. The van der Waals surface area contributed by atoms with Crippen LogP contribution >= 0.6 is 0 Å². The van der Waals surface area contributed by atoms with E-state index in [1.807, 2.05) is 11.0 Å². The molecule has 1 aliphatic rings. The Kier molecular flexibility index (Phi) is 7.02. The highest BCUT2D eigenvalue weighted by molar-refractivity contribution is 5.92. The summed E-state index contributed by atoms with van der Waals surface area (Å²) in [6.45, 7) is 2.93. The van der Waals surface area contributed by atoms with Crippen LogP contribution in [0.3, 0.4) is 0 Å². The summed E-state index contributed by atoms with van der Waals surface area (Å²) in [5.74, 6) is 1.03. The molecule has 1 saturated heterocycles. The summed E-state index contributed by atoms with van der Waals surface area (Å²) in [5, 5.41) is 10.5. The topological polar surface area (TPSA) is 131 Å². The summed E-state index contributed by atoms with van der Waals surface area (Å²) in [6, 6.07) is 8.24. The smallest absolute Gasteiger partial charge is 0.295 e. The second-order valence-electron chi connectivity index (χ2n) is 9.70. The standard InChI is InChI=1S/C27H27F3N10O2/c1-13-32-27(39(2)38-13)15-6-5-7-17(23(15)42-4)33-18-9-21(35-25-22(18)36-26(37-25)24(29)30)34-20-8-16(28)19(10-31-20)40-11-14(12-40)41-3/h5-10,14,24H,11-12H2,1-4H3,(H3,31,33,34,35,36,37). The first-order chi connectivity index (χ1) is 20.2. The molecule has 1 aliphatic heterocycles. The Labute approximate surface area is 237 Å². The van der Waals surface area contributed by atoms with Gasteiger partial charge in [-0.05, 0) is 19.1 Å². The molecule has 1 fully saturated rings. The van der Waals surface area contributed by atoms with Crippen molar-refractivity contribution in [3.05, 3.63) is 54.0 Å². The first-order valence-corrected chi connectivity index (χ1v) is 12.9. The van der Waals surface area contributed by atoms with E-state index in [-0.39, 0.29) is 28.9 Å². The van der Waals surface area contributed by atoms with Crippen LogP contribution in [0.2, 0.25) is 0 Å². The second kappa shape index (κ2) is 10.8. The van der Waals surface area contributed by atoms with Crippen LogP contribution in [0.4, 0.5) is 41.9 Å². The van der Waals surface area contributed by atoms with E-state index in [1.54, 1.807) is 44.0 Å². The lowest BCUT2D eigenvalue weighted by molar-refractivity contribution is 0.0783. The molecule has 0 unspecified atom stereocenters. The average Bonchev–Trinajstić information content (AvgIpc) is 3.51. The molecule has 0 aliphatic carbocycles. The molecule has 0 atom stereocenters. The van der Waals surface area contributed by atoms with Crippen LogP contribution in [0.25, 0.3) is 22.6 Å². The number of aryl methyl sites for hydroxylation is 2. The third kappa shape index (κ3) is 5.02. The third-order valence-electron chi connectivity index (χ3n) is 6.89. The van der Waals surface area contributed by atoms with E-state index >= 15 is 0 Å². The van der Waals surface area contributed by atoms with Crippen molar-refractivity contribution in [3.8, 4) is 17.1 Å². The fourth-order valence-electron chi connectivity index (χ4n) is 4.83. The molecule has 0 bridgehead atoms. The van der Waals surface area contributed by atoms with E-state index in [2.05, 4.69) is 40.7 Å². The van der Waals surface area contributed by atoms with Crippen molar-refractivity contribution >= 4 is 39.9 Å². The van der Waals surface area contributed by atoms with Crippen molar-refractivity contribution < 1.29 is 22.6 Å². The molecule has 5 heterocycles. The number of H-pyrrole nitrogens is 1. The van der Waals surface area contributed by atoms with Gasteiger partial charge in [-0.15, -0.1) is 0 Å². The fraction of sp³-hybridized carbons (Fsp3) is 0.296. The quantitative estimate of drug-likeness (QED) is 0.222. The number of methoxy groups -OCH3 is 2. The van der Waals surface area contributed by atoms with Crippen LogP contribution in [0.5, 0.6) is 5.75 Å². The first kappa shape index (κ1) is 27.3. The Morgan fingerprint density at radius 2 is 1.86 bits per heavy atom. The van der Waals surface area contributed by atoms with Crippen molar-refractivity contribution in [2.24, 2.45) is 7.05 Å². The lowest BCUT2D eigenvalue weighted by Gasteiger charge is -2.39. The van der Waals surface area contributed by atoms with Crippen LogP contribution in [0.15, 0.2) is 36.5 Å². The zero-order valence-corrected chi connectivity index (χ0v) is 23.1. The highest BCUT2D eigenvalue weighted by Crippen LogP contribution is 2.39. The average molecular weight is 581 g/mol. The molecule has 218 valence electrons. The number of nitrogens with zero attached hydrogens (tertiary/aromatic N) is 7. The molecule has 0 saturated carbocycles. The number of para-hydroxylation sites is 1. The van der Waals surface area contributed by atoms with Gasteiger partial charge in [0.15, 0.2) is 28.9 Å². The molecule has 0 amide bonds. The Bertz CT molecular complexity index is 1770. The largest absolute Gasteiger partial charge is 0.494 e. The number of ether oxygens (including phenoxy) is 2. The van der Waals surface area contributed by atoms with Gasteiger partial charge in [0.2, 0.25) is 0 Å². The predicted molar refractivity (Wildman–Crippen MR) is 150 cm³/mol. The zero-order valence-electron chi connectivity index (χ0n) is 23.1. The number of hydrogen-bond acceptors (Lipinski definition) is 10. The molecule has 4 aromatic heterocycles. The highest BCUT2D eigenvalue weighted by Gasteiger charge is 2.29. The van der Waals surface area contributed by atoms with Crippen LogP contribution in [0.1, 0.15) is 18.1 Å². The Balaban J connectivity index is 1.36. The number of hydrogen-bond donors (Lipinski definition) is 3. The number of aromatic nitrogens is 7. The van der Waals surface area contributed by atoms with Gasteiger partial charge in [0.05, 0.1) is 42.0 Å². The summed E-state index contributed by atoms with van der Waals surface area (Å²) in [5.41, 5.74) is 2.17. The lowest BCUT2D eigenvalue weighted by Crippen LogP contribution is -2.52. The number of aromatic amines is 1. The number of halogens is 3. The third-order valence-corrected chi connectivity index (χ3v) is 6.89. The monoisotopic (exact) mass is 580 g/mol. The van der Waals surface area contributed by atoms with Crippen molar-refractivity contribution in [1.82, 2.24) is 34.7 Å². The minimum absolute atomic E-state index is 0.0559. The number of pyridine rings is 2. The SMILES string of the molecule is COc1c(Nc2cc(Nc3cc(F)c(N4CC(OC)C4)cn3)nc3[nH]c(C(F)F)nc23)cccc1-c1nc(C)nn1C. The van der Waals surface area contributed by atoms with Crippen LogP contribution in [-0.2, 0) is 11.8 Å². The molecule has 6 rings (SSSR count). The van der Waals surface area contributed by atoms with Gasteiger partial charge < -0.3 is 30.0 Å². The van der Waals surface area contributed by atoms with Crippen molar-refractivity contribution in [2.75, 3.05) is 42.8 Å². The number of rotatable bonds is 9. The predicted octanol–water partition coefficient (Wildman–Crippen LogP) is 4.86. The number of anilines is 5.